The largest absolute Gasteiger partial charge is 0.487 e. The standard InChI is InChI=1S/C21H19ClN2O3/c1-13-11-24-12-15(21(26)23-10-9-14-5-3-2-4-6-14)20(25)18-16(22)7-8-17(27-13)19(18)24/h2-8,12-13H,9-11H2,1H3,(H,23,26)/t13-/m1/s1. The molecule has 1 aliphatic rings. The van der Waals surface area contributed by atoms with Crippen molar-refractivity contribution in [1.82, 2.24) is 9.88 Å². The SMILES string of the molecule is C[C@@H]1Cn2cc(C(=O)NCCc3ccccc3)c(=O)c3c(Cl)ccc(c32)O1. The van der Waals surface area contributed by atoms with Crippen LogP contribution in [-0.4, -0.2) is 23.1 Å². The summed E-state index contributed by atoms with van der Waals surface area (Å²) in [5.41, 5.74) is 1.50. The van der Waals surface area contributed by atoms with E-state index in [4.69, 9.17) is 16.3 Å². The highest BCUT2D eigenvalue weighted by Crippen LogP contribution is 2.33. The Morgan fingerprint density at radius 3 is 2.81 bits per heavy atom. The Bertz CT molecular complexity index is 1080. The third-order valence-electron chi connectivity index (χ3n) is 4.70. The monoisotopic (exact) mass is 382 g/mol. The minimum absolute atomic E-state index is 0.0571. The van der Waals surface area contributed by atoms with Crippen LogP contribution in [0.2, 0.25) is 5.02 Å². The molecule has 4 rings (SSSR count). The van der Waals surface area contributed by atoms with Crippen LogP contribution < -0.4 is 15.5 Å². The molecule has 0 radical (unpaired) electrons. The van der Waals surface area contributed by atoms with Crippen molar-refractivity contribution in [2.24, 2.45) is 0 Å². The molecule has 0 saturated heterocycles. The van der Waals surface area contributed by atoms with Gasteiger partial charge in [0.05, 0.1) is 22.5 Å². The van der Waals surface area contributed by atoms with Gasteiger partial charge >= 0.3 is 0 Å². The van der Waals surface area contributed by atoms with Crippen LogP contribution >= 0.6 is 11.6 Å². The number of pyridine rings is 1. The molecule has 1 atom stereocenters. The van der Waals surface area contributed by atoms with Gasteiger partial charge in [-0.3, -0.25) is 9.59 Å². The number of aromatic nitrogens is 1. The minimum Gasteiger partial charge on any atom is -0.487 e. The predicted molar refractivity (Wildman–Crippen MR) is 106 cm³/mol. The topological polar surface area (TPSA) is 60.3 Å². The highest BCUT2D eigenvalue weighted by atomic mass is 35.5. The Hall–Kier alpha value is -2.79. The lowest BCUT2D eigenvalue weighted by Crippen LogP contribution is -2.33. The van der Waals surface area contributed by atoms with Gasteiger partial charge in [-0.1, -0.05) is 41.9 Å². The van der Waals surface area contributed by atoms with E-state index in [-0.39, 0.29) is 23.0 Å². The molecule has 0 saturated carbocycles. The molecule has 1 amide bonds. The summed E-state index contributed by atoms with van der Waals surface area (Å²) in [4.78, 5) is 25.6. The first-order chi connectivity index (χ1) is 13.0. The van der Waals surface area contributed by atoms with Crippen LogP contribution in [0.15, 0.2) is 53.5 Å². The Labute approximate surface area is 161 Å². The minimum atomic E-state index is -0.387. The summed E-state index contributed by atoms with van der Waals surface area (Å²) in [5.74, 6) is 0.225. The number of halogens is 1. The lowest BCUT2D eigenvalue weighted by atomic mass is 10.1. The molecule has 27 heavy (non-hydrogen) atoms. The molecule has 1 aliphatic heterocycles. The third-order valence-corrected chi connectivity index (χ3v) is 5.02. The summed E-state index contributed by atoms with van der Waals surface area (Å²) in [6.07, 6.45) is 2.25. The molecule has 1 aromatic heterocycles. The molecule has 0 fully saturated rings. The molecule has 1 N–H and O–H groups in total. The number of carbonyl (C=O) groups excluding carboxylic acids is 1. The van der Waals surface area contributed by atoms with Crippen LogP contribution in [0.3, 0.4) is 0 Å². The number of benzene rings is 2. The van der Waals surface area contributed by atoms with Crippen molar-refractivity contribution in [1.29, 1.82) is 0 Å². The maximum atomic E-state index is 12.9. The van der Waals surface area contributed by atoms with Gasteiger partial charge in [-0.05, 0) is 31.0 Å². The molecule has 2 heterocycles. The molecule has 0 aliphatic carbocycles. The molecule has 138 valence electrons. The van der Waals surface area contributed by atoms with Gasteiger partial charge in [0.1, 0.15) is 17.4 Å². The van der Waals surface area contributed by atoms with Crippen LogP contribution in [-0.2, 0) is 13.0 Å². The number of hydrogen-bond acceptors (Lipinski definition) is 3. The highest BCUT2D eigenvalue weighted by Gasteiger charge is 2.24. The summed E-state index contributed by atoms with van der Waals surface area (Å²) in [5, 5.41) is 3.50. The van der Waals surface area contributed by atoms with Gasteiger partial charge in [-0.15, -0.1) is 0 Å². The van der Waals surface area contributed by atoms with E-state index >= 15 is 0 Å². The van der Waals surface area contributed by atoms with Crippen LogP contribution in [0.1, 0.15) is 22.8 Å². The van der Waals surface area contributed by atoms with Gasteiger partial charge in [-0.25, -0.2) is 0 Å². The number of carbonyl (C=O) groups is 1. The van der Waals surface area contributed by atoms with E-state index in [2.05, 4.69) is 5.32 Å². The van der Waals surface area contributed by atoms with E-state index in [0.29, 0.717) is 41.2 Å². The van der Waals surface area contributed by atoms with E-state index in [9.17, 15) is 9.59 Å². The molecule has 0 unspecified atom stereocenters. The molecule has 0 spiro atoms. The van der Waals surface area contributed by atoms with E-state index in [1.54, 1.807) is 18.3 Å². The first-order valence-electron chi connectivity index (χ1n) is 8.89. The highest BCUT2D eigenvalue weighted by molar-refractivity contribution is 6.35. The second-order valence-corrected chi connectivity index (χ2v) is 7.12. The lowest BCUT2D eigenvalue weighted by Gasteiger charge is -2.26. The average molecular weight is 383 g/mol. The third kappa shape index (κ3) is 3.30. The summed E-state index contributed by atoms with van der Waals surface area (Å²) in [6, 6.07) is 13.3. The Balaban J connectivity index is 1.66. The van der Waals surface area contributed by atoms with E-state index < -0.39 is 0 Å². The number of hydrogen-bond donors (Lipinski definition) is 1. The smallest absolute Gasteiger partial charge is 0.256 e. The van der Waals surface area contributed by atoms with Crippen LogP contribution in [0, 0.1) is 0 Å². The molecular formula is C21H19ClN2O3. The molecule has 0 bridgehead atoms. The number of nitrogens with zero attached hydrogens (tertiary/aromatic N) is 1. The summed E-state index contributed by atoms with van der Waals surface area (Å²) in [7, 11) is 0. The van der Waals surface area contributed by atoms with E-state index in [0.717, 1.165) is 5.56 Å². The summed E-state index contributed by atoms with van der Waals surface area (Å²) in [6.45, 7) is 2.95. The molecular weight excluding hydrogens is 364 g/mol. The zero-order valence-corrected chi connectivity index (χ0v) is 15.6. The lowest BCUT2D eigenvalue weighted by molar-refractivity contribution is 0.0951. The summed E-state index contributed by atoms with van der Waals surface area (Å²) >= 11 is 6.28. The number of rotatable bonds is 4. The van der Waals surface area contributed by atoms with Gasteiger partial charge < -0.3 is 14.6 Å². The molecule has 6 heteroatoms. The van der Waals surface area contributed by atoms with Gasteiger partial charge in [-0.2, -0.15) is 0 Å². The van der Waals surface area contributed by atoms with E-state index in [1.807, 2.05) is 41.8 Å². The van der Waals surface area contributed by atoms with Crippen LogP contribution in [0.5, 0.6) is 5.75 Å². The van der Waals surface area contributed by atoms with Gasteiger partial charge in [0.15, 0.2) is 0 Å². The predicted octanol–water partition coefficient (Wildman–Crippen LogP) is 3.41. The van der Waals surface area contributed by atoms with Crippen molar-refractivity contribution < 1.29 is 9.53 Å². The van der Waals surface area contributed by atoms with Crippen molar-refractivity contribution in [3.05, 3.63) is 75.0 Å². The van der Waals surface area contributed by atoms with E-state index in [1.165, 1.54) is 0 Å². The van der Waals surface area contributed by atoms with Gasteiger partial charge in [0.25, 0.3) is 5.91 Å². The molecule has 3 aromatic rings. The fourth-order valence-electron chi connectivity index (χ4n) is 3.45. The normalized spacial score (nSPS) is 15.4. The maximum absolute atomic E-state index is 12.9. The van der Waals surface area contributed by atoms with Crippen molar-refractivity contribution in [3.8, 4) is 5.75 Å². The van der Waals surface area contributed by atoms with Gasteiger partial charge in [0.2, 0.25) is 5.43 Å². The quantitative estimate of drug-likeness (QED) is 0.752. The number of amides is 1. The van der Waals surface area contributed by atoms with Gasteiger partial charge in [0, 0.05) is 12.7 Å². The maximum Gasteiger partial charge on any atom is 0.256 e. The molecule has 5 nitrogen and oxygen atoms in total. The number of nitrogens with one attached hydrogen (secondary N) is 1. The van der Waals surface area contributed by atoms with Crippen LogP contribution in [0.25, 0.3) is 10.9 Å². The zero-order valence-electron chi connectivity index (χ0n) is 14.9. The van der Waals surface area contributed by atoms with Crippen molar-refractivity contribution in [2.75, 3.05) is 6.54 Å². The Morgan fingerprint density at radius 1 is 1.26 bits per heavy atom. The Kier molecular flexibility index (Phi) is 4.62. The fraction of sp³-hybridized carbons (Fsp3) is 0.238. The first-order valence-corrected chi connectivity index (χ1v) is 9.27. The van der Waals surface area contributed by atoms with Crippen molar-refractivity contribution in [2.45, 2.75) is 26.0 Å². The van der Waals surface area contributed by atoms with Crippen LogP contribution in [0.4, 0.5) is 0 Å². The second-order valence-electron chi connectivity index (χ2n) is 6.71. The second kappa shape index (κ2) is 7.08. The average Bonchev–Trinajstić information content (AvgIpc) is 2.66. The molecule has 2 aromatic carbocycles. The first kappa shape index (κ1) is 17.6. The van der Waals surface area contributed by atoms with Crippen molar-refractivity contribution in [3.63, 3.8) is 0 Å². The fourth-order valence-corrected chi connectivity index (χ4v) is 3.69. The Morgan fingerprint density at radius 2 is 2.04 bits per heavy atom. The number of ether oxygens (including phenoxy) is 1. The summed E-state index contributed by atoms with van der Waals surface area (Å²) < 4.78 is 7.70. The van der Waals surface area contributed by atoms with Crippen molar-refractivity contribution >= 4 is 28.4 Å². The zero-order chi connectivity index (χ0) is 19.0.